The Morgan fingerprint density at radius 1 is 1.04 bits per heavy atom. The molecule has 0 radical (unpaired) electrons. The number of halogens is 3. The number of amides is 1. The van der Waals surface area contributed by atoms with Crippen molar-refractivity contribution < 1.29 is 23.1 Å². The number of hydrogen-bond acceptors (Lipinski definition) is 2. The van der Waals surface area contributed by atoms with Crippen molar-refractivity contribution in [1.82, 2.24) is 9.47 Å². The first-order valence-electron chi connectivity index (χ1n) is 7.62. The Morgan fingerprint density at radius 2 is 1.58 bits per heavy atom. The van der Waals surface area contributed by atoms with Gasteiger partial charge in [-0.15, -0.1) is 0 Å². The van der Waals surface area contributed by atoms with E-state index in [4.69, 9.17) is 0 Å². The second kappa shape index (κ2) is 5.98. The van der Waals surface area contributed by atoms with Crippen molar-refractivity contribution in [3.63, 3.8) is 0 Å². The Balaban J connectivity index is 1.68. The van der Waals surface area contributed by atoms with Crippen LogP contribution in [0.4, 0.5) is 13.2 Å². The van der Waals surface area contributed by atoms with Crippen molar-refractivity contribution in [1.29, 1.82) is 0 Å². The minimum Gasteiger partial charge on any atom is -0.380 e. The molecule has 1 aromatic heterocycles. The summed E-state index contributed by atoms with van der Waals surface area (Å²) in [6, 6.07) is 10.6. The molecular weight excluding hydrogens is 321 g/mol. The summed E-state index contributed by atoms with van der Waals surface area (Å²) in [6.45, 7) is -0.234. The zero-order valence-corrected chi connectivity index (χ0v) is 12.8. The van der Waals surface area contributed by atoms with Crippen LogP contribution in [0.5, 0.6) is 0 Å². The van der Waals surface area contributed by atoms with E-state index >= 15 is 0 Å². The molecule has 3 rings (SSSR count). The first-order valence-corrected chi connectivity index (χ1v) is 7.62. The van der Waals surface area contributed by atoms with Gasteiger partial charge in [-0.1, -0.05) is 0 Å². The molecule has 0 spiro atoms. The zero-order valence-electron chi connectivity index (χ0n) is 12.8. The molecule has 128 valence electrons. The minimum absolute atomic E-state index is 0.117. The van der Waals surface area contributed by atoms with Crippen LogP contribution in [-0.4, -0.2) is 45.3 Å². The van der Waals surface area contributed by atoms with E-state index in [1.807, 2.05) is 29.1 Å². The fraction of sp³-hybridized carbons (Fsp3) is 0.353. The molecule has 0 bridgehead atoms. The van der Waals surface area contributed by atoms with Gasteiger partial charge in [0.05, 0.1) is 0 Å². The highest BCUT2D eigenvalue weighted by molar-refractivity contribution is 5.94. The third-order valence-electron chi connectivity index (χ3n) is 4.42. The predicted molar refractivity (Wildman–Crippen MR) is 81.9 cm³/mol. The summed E-state index contributed by atoms with van der Waals surface area (Å²) in [7, 11) is 0. The molecule has 1 amide bonds. The Hall–Kier alpha value is -2.28. The van der Waals surface area contributed by atoms with Crippen LogP contribution in [0.1, 0.15) is 23.2 Å². The summed E-state index contributed by atoms with van der Waals surface area (Å²) in [5.74, 6) is -0.321. The van der Waals surface area contributed by atoms with E-state index in [-0.39, 0.29) is 19.0 Å². The van der Waals surface area contributed by atoms with Crippen molar-refractivity contribution in [2.75, 3.05) is 13.1 Å². The van der Waals surface area contributed by atoms with E-state index in [1.165, 1.54) is 4.90 Å². The minimum atomic E-state index is -4.67. The molecule has 1 aliphatic rings. The smallest absolute Gasteiger partial charge is 0.380 e. The van der Waals surface area contributed by atoms with Crippen LogP contribution in [0.25, 0.3) is 5.69 Å². The van der Waals surface area contributed by atoms with Gasteiger partial charge in [0.2, 0.25) is 0 Å². The van der Waals surface area contributed by atoms with E-state index in [0.29, 0.717) is 5.56 Å². The van der Waals surface area contributed by atoms with E-state index < -0.39 is 24.6 Å². The van der Waals surface area contributed by atoms with Crippen LogP contribution < -0.4 is 0 Å². The van der Waals surface area contributed by atoms with Crippen LogP contribution in [-0.2, 0) is 0 Å². The van der Waals surface area contributed by atoms with E-state index in [0.717, 1.165) is 5.69 Å². The number of benzene rings is 1. The highest BCUT2D eigenvalue weighted by Gasteiger charge is 2.54. The number of hydrogen-bond donors (Lipinski definition) is 1. The van der Waals surface area contributed by atoms with Crippen molar-refractivity contribution >= 4 is 5.91 Å². The van der Waals surface area contributed by atoms with Gasteiger partial charge >= 0.3 is 6.18 Å². The van der Waals surface area contributed by atoms with Gasteiger partial charge in [-0.05, 0) is 36.4 Å². The number of aromatic nitrogens is 1. The standard InChI is InChI=1S/C17H17F3N2O2/c18-17(19,20)16(24)7-11-22(12-8-16)15(23)13-3-5-14(6-4-13)21-9-1-2-10-21/h1-6,9-10,24H,7-8,11-12H2. The molecule has 1 saturated heterocycles. The third-order valence-corrected chi connectivity index (χ3v) is 4.42. The maximum atomic E-state index is 12.8. The number of likely N-dealkylation sites (tertiary alicyclic amines) is 1. The Morgan fingerprint density at radius 3 is 2.08 bits per heavy atom. The van der Waals surface area contributed by atoms with Crippen LogP contribution in [0.3, 0.4) is 0 Å². The quantitative estimate of drug-likeness (QED) is 0.915. The highest BCUT2D eigenvalue weighted by Crippen LogP contribution is 2.38. The normalized spacial score (nSPS) is 17.8. The monoisotopic (exact) mass is 338 g/mol. The molecule has 24 heavy (non-hydrogen) atoms. The lowest BCUT2D eigenvalue weighted by Gasteiger charge is -2.39. The average molecular weight is 338 g/mol. The van der Waals surface area contributed by atoms with Gasteiger partial charge in [-0.2, -0.15) is 13.2 Å². The molecule has 1 N–H and O–H groups in total. The summed E-state index contributed by atoms with van der Waals surface area (Å²) in [4.78, 5) is 13.8. The molecule has 1 aliphatic heterocycles. The van der Waals surface area contributed by atoms with Gasteiger partial charge in [-0.25, -0.2) is 0 Å². The van der Waals surface area contributed by atoms with Crippen LogP contribution in [0.2, 0.25) is 0 Å². The second-order valence-corrected chi connectivity index (χ2v) is 5.96. The Bertz CT molecular complexity index is 700. The molecule has 1 aromatic carbocycles. The summed E-state index contributed by atoms with van der Waals surface area (Å²) in [5, 5.41) is 9.65. The van der Waals surface area contributed by atoms with Gasteiger partial charge < -0.3 is 14.6 Å². The summed E-state index contributed by atoms with van der Waals surface area (Å²) >= 11 is 0. The van der Waals surface area contributed by atoms with Gasteiger partial charge in [-0.3, -0.25) is 4.79 Å². The third kappa shape index (κ3) is 3.03. The summed E-state index contributed by atoms with van der Waals surface area (Å²) in [6.07, 6.45) is -1.91. The lowest BCUT2D eigenvalue weighted by Crippen LogP contribution is -2.54. The number of alkyl halides is 3. The Labute approximate surface area is 137 Å². The number of piperidine rings is 1. The molecule has 0 atom stereocenters. The fourth-order valence-corrected chi connectivity index (χ4v) is 2.83. The zero-order chi connectivity index (χ0) is 17.4. The number of aliphatic hydroxyl groups is 1. The lowest BCUT2D eigenvalue weighted by atomic mass is 9.90. The van der Waals surface area contributed by atoms with E-state index in [2.05, 4.69) is 0 Å². The second-order valence-electron chi connectivity index (χ2n) is 5.96. The SMILES string of the molecule is O=C(c1ccc(-n2cccc2)cc1)N1CCC(O)(C(F)(F)F)CC1. The molecule has 2 aromatic rings. The lowest BCUT2D eigenvalue weighted by molar-refractivity contribution is -0.271. The van der Waals surface area contributed by atoms with Crippen LogP contribution >= 0.6 is 0 Å². The molecule has 7 heteroatoms. The largest absolute Gasteiger partial charge is 0.417 e. The van der Waals surface area contributed by atoms with Gasteiger partial charge in [0.15, 0.2) is 5.60 Å². The maximum Gasteiger partial charge on any atom is 0.417 e. The van der Waals surface area contributed by atoms with Gasteiger partial charge in [0.25, 0.3) is 5.91 Å². The first kappa shape index (κ1) is 16.6. The fourth-order valence-electron chi connectivity index (χ4n) is 2.83. The van der Waals surface area contributed by atoms with Crippen molar-refractivity contribution in [3.8, 4) is 5.69 Å². The average Bonchev–Trinajstić information content (AvgIpc) is 3.08. The van der Waals surface area contributed by atoms with E-state index in [9.17, 15) is 23.1 Å². The molecule has 1 fully saturated rings. The van der Waals surface area contributed by atoms with Gasteiger partial charge in [0.1, 0.15) is 0 Å². The summed E-state index contributed by atoms with van der Waals surface area (Å²) < 4.78 is 40.3. The Kier molecular flexibility index (Phi) is 4.13. The predicted octanol–water partition coefficient (Wildman–Crippen LogP) is 3.01. The van der Waals surface area contributed by atoms with Crippen LogP contribution in [0, 0.1) is 0 Å². The van der Waals surface area contributed by atoms with Gasteiger partial charge in [0, 0.05) is 49.6 Å². The molecule has 4 nitrogen and oxygen atoms in total. The van der Waals surface area contributed by atoms with Crippen molar-refractivity contribution in [2.24, 2.45) is 0 Å². The number of carbonyl (C=O) groups is 1. The number of carbonyl (C=O) groups excluding carboxylic acids is 1. The maximum absolute atomic E-state index is 12.8. The van der Waals surface area contributed by atoms with Crippen molar-refractivity contribution in [2.45, 2.75) is 24.6 Å². The molecule has 0 saturated carbocycles. The molecule has 0 unspecified atom stereocenters. The molecule has 0 aliphatic carbocycles. The van der Waals surface area contributed by atoms with E-state index in [1.54, 1.807) is 24.3 Å². The summed E-state index contributed by atoms with van der Waals surface area (Å²) in [5.41, 5.74) is -1.38. The molecule has 2 heterocycles. The topological polar surface area (TPSA) is 45.5 Å². The number of rotatable bonds is 2. The van der Waals surface area contributed by atoms with Crippen LogP contribution in [0.15, 0.2) is 48.8 Å². The highest BCUT2D eigenvalue weighted by atomic mass is 19.4. The van der Waals surface area contributed by atoms with Crippen molar-refractivity contribution in [3.05, 3.63) is 54.4 Å². The number of nitrogens with zero attached hydrogens (tertiary/aromatic N) is 2. The first-order chi connectivity index (χ1) is 11.3. The molecular formula is C17H17F3N2O2.